The van der Waals surface area contributed by atoms with E-state index < -0.39 is 0 Å². The SMILES string of the molecule is CCOc1ccc2[nH]ccc2n1. The Labute approximate surface area is 70.4 Å². The minimum atomic E-state index is 0.656. The Morgan fingerprint density at radius 2 is 2.33 bits per heavy atom. The van der Waals surface area contributed by atoms with Crippen LogP contribution in [-0.4, -0.2) is 16.6 Å². The van der Waals surface area contributed by atoms with Crippen LogP contribution in [0, 0.1) is 0 Å². The summed E-state index contributed by atoms with van der Waals surface area (Å²) >= 11 is 0. The van der Waals surface area contributed by atoms with Crippen LogP contribution in [0.25, 0.3) is 11.0 Å². The zero-order valence-corrected chi connectivity index (χ0v) is 6.87. The molecule has 0 radical (unpaired) electrons. The molecule has 0 bridgehead atoms. The number of nitrogens with zero attached hydrogens (tertiary/aromatic N) is 1. The molecule has 2 heterocycles. The maximum atomic E-state index is 5.26. The van der Waals surface area contributed by atoms with Crippen molar-refractivity contribution in [2.45, 2.75) is 6.92 Å². The van der Waals surface area contributed by atoms with E-state index in [1.54, 1.807) is 0 Å². The number of H-pyrrole nitrogens is 1. The van der Waals surface area contributed by atoms with E-state index in [2.05, 4.69) is 9.97 Å². The first-order chi connectivity index (χ1) is 5.90. The Balaban J connectivity index is 2.46. The van der Waals surface area contributed by atoms with Crippen molar-refractivity contribution in [2.24, 2.45) is 0 Å². The van der Waals surface area contributed by atoms with E-state index in [0.717, 1.165) is 11.0 Å². The Bertz CT molecular complexity index is 381. The molecule has 1 N–H and O–H groups in total. The van der Waals surface area contributed by atoms with Crippen LogP contribution in [0.4, 0.5) is 0 Å². The first kappa shape index (κ1) is 7.16. The highest BCUT2D eigenvalue weighted by molar-refractivity contribution is 5.75. The second-order valence-corrected chi connectivity index (χ2v) is 2.49. The van der Waals surface area contributed by atoms with Crippen molar-refractivity contribution in [3.8, 4) is 5.88 Å². The van der Waals surface area contributed by atoms with Crippen molar-refractivity contribution in [1.29, 1.82) is 0 Å². The average molecular weight is 162 g/mol. The summed E-state index contributed by atoms with van der Waals surface area (Å²) in [6, 6.07) is 5.76. The zero-order valence-electron chi connectivity index (χ0n) is 6.87. The van der Waals surface area contributed by atoms with Crippen LogP contribution >= 0.6 is 0 Å². The Hall–Kier alpha value is -1.51. The molecule has 3 heteroatoms. The highest BCUT2D eigenvalue weighted by Crippen LogP contribution is 2.14. The molecule has 0 atom stereocenters. The third-order valence-electron chi connectivity index (χ3n) is 1.67. The van der Waals surface area contributed by atoms with Crippen LogP contribution in [-0.2, 0) is 0 Å². The van der Waals surface area contributed by atoms with Crippen LogP contribution in [0.1, 0.15) is 6.92 Å². The largest absolute Gasteiger partial charge is 0.478 e. The van der Waals surface area contributed by atoms with Gasteiger partial charge >= 0.3 is 0 Å². The van der Waals surface area contributed by atoms with E-state index in [-0.39, 0.29) is 0 Å². The van der Waals surface area contributed by atoms with Gasteiger partial charge in [0.2, 0.25) is 5.88 Å². The average Bonchev–Trinajstić information content (AvgIpc) is 2.51. The lowest BCUT2D eigenvalue weighted by atomic mass is 10.4. The molecule has 0 amide bonds. The van der Waals surface area contributed by atoms with Gasteiger partial charge in [-0.25, -0.2) is 4.98 Å². The summed E-state index contributed by atoms with van der Waals surface area (Å²) in [5.74, 6) is 0.685. The van der Waals surface area contributed by atoms with E-state index in [1.807, 2.05) is 31.3 Å². The second kappa shape index (κ2) is 2.85. The van der Waals surface area contributed by atoms with Gasteiger partial charge in [-0.05, 0) is 19.1 Å². The van der Waals surface area contributed by atoms with Gasteiger partial charge in [0.05, 0.1) is 17.6 Å². The number of aromatic nitrogens is 2. The molecule has 0 aromatic carbocycles. The number of nitrogens with one attached hydrogen (secondary N) is 1. The van der Waals surface area contributed by atoms with Crippen LogP contribution in [0.15, 0.2) is 24.4 Å². The molecular weight excluding hydrogens is 152 g/mol. The molecular formula is C9H10N2O. The van der Waals surface area contributed by atoms with Gasteiger partial charge in [0, 0.05) is 12.3 Å². The molecule has 2 aromatic rings. The third-order valence-corrected chi connectivity index (χ3v) is 1.67. The number of rotatable bonds is 2. The van der Waals surface area contributed by atoms with Gasteiger partial charge in [0.15, 0.2) is 0 Å². The quantitative estimate of drug-likeness (QED) is 0.733. The molecule has 0 aliphatic heterocycles. The minimum absolute atomic E-state index is 0.656. The Morgan fingerprint density at radius 3 is 3.17 bits per heavy atom. The molecule has 2 aromatic heterocycles. The Kier molecular flexibility index (Phi) is 1.70. The highest BCUT2D eigenvalue weighted by atomic mass is 16.5. The molecule has 2 rings (SSSR count). The lowest BCUT2D eigenvalue weighted by Crippen LogP contribution is -1.93. The predicted molar refractivity (Wildman–Crippen MR) is 47.3 cm³/mol. The summed E-state index contributed by atoms with van der Waals surface area (Å²) in [7, 11) is 0. The molecule has 3 nitrogen and oxygen atoms in total. The van der Waals surface area contributed by atoms with Gasteiger partial charge in [-0.15, -0.1) is 0 Å². The number of fused-ring (bicyclic) bond motifs is 1. The Morgan fingerprint density at radius 1 is 1.42 bits per heavy atom. The van der Waals surface area contributed by atoms with Gasteiger partial charge in [-0.1, -0.05) is 0 Å². The summed E-state index contributed by atoms with van der Waals surface area (Å²) in [6.07, 6.45) is 1.87. The molecule has 0 unspecified atom stereocenters. The normalized spacial score (nSPS) is 10.4. The lowest BCUT2D eigenvalue weighted by molar-refractivity contribution is 0.328. The standard InChI is InChI=1S/C9H10N2O/c1-2-12-9-4-3-7-8(11-9)5-6-10-7/h3-6,10H,2H2,1H3. The number of aromatic amines is 1. The summed E-state index contributed by atoms with van der Waals surface area (Å²) in [6.45, 7) is 2.60. The molecule has 0 saturated carbocycles. The molecule has 62 valence electrons. The van der Waals surface area contributed by atoms with E-state index in [9.17, 15) is 0 Å². The molecule has 0 saturated heterocycles. The highest BCUT2D eigenvalue weighted by Gasteiger charge is 1.97. The first-order valence-electron chi connectivity index (χ1n) is 3.97. The lowest BCUT2D eigenvalue weighted by Gasteiger charge is -1.99. The summed E-state index contributed by atoms with van der Waals surface area (Å²) < 4.78 is 5.26. The van der Waals surface area contributed by atoms with Gasteiger partial charge < -0.3 is 9.72 Å². The van der Waals surface area contributed by atoms with Crippen molar-refractivity contribution in [1.82, 2.24) is 9.97 Å². The third kappa shape index (κ3) is 1.13. The van der Waals surface area contributed by atoms with E-state index in [1.165, 1.54) is 0 Å². The number of hydrogen-bond donors (Lipinski definition) is 1. The van der Waals surface area contributed by atoms with E-state index >= 15 is 0 Å². The summed E-state index contributed by atoms with van der Waals surface area (Å²) in [5, 5.41) is 0. The van der Waals surface area contributed by atoms with Crippen LogP contribution in [0.3, 0.4) is 0 Å². The fourth-order valence-corrected chi connectivity index (χ4v) is 1.14. The van der Waals surface area contributed by atoms with Crippen molar-refractivity contribution in [3.63, 3.8) is 0 Å². The van der Waals surface area contributed by atoms with Gasteiger partial charge in [0.1, 0.15) is 0 Å². The maximum absolute atomic E-state index is 5.26. The first-order valence-corrected chi connectivity index (χ1v) is 3.97. The molecule has 0 fully saturated rings. The van der Waals surface area contributed by atoms with Crippen molar-refractivity contribution >= 4 is 11.0 Å². The second-order valence-electron chi connectivity index (χ2n) is 2.49. The smallest absolute Gasteiger partial charge is 0.213 e. The molecule has 0 spiro atoms. The van der Waals surface area contributed by atoms with Crippen LogP contribution in [0.5, 0.6) is 5.88 Å². The van der Waals surface area contributed by atoms with Crippen molar-refractivity contribution in [3.05, 3.63) is 24.4 Å². The van der Waals surface area contributed by atoms with Gasteiger partial charge in [-0.2, -0.15) is 0 Å². The van der Waals surface area contributed by atoms with E-state index in [0.29, 0.717) is 12.5 Å². The fourth-order valence-electron chi connectivity index (χ4n) is 1.14. The predicted octanol–water partition coefficient (Wildman–Crippen LogP) is 1.96. The van der Waals surface area contributed by atoms with E-state index in [4.69, 9.17) is 4.74 Å². The zero-order chi connectivity index (χ0) is 8.39. The summed E-state index contributed by atoms with van der Waals surface area (Å²) in [4.78, 5) is 7.34. The summed E-state index contributed by atoms with van der Waals surface area (Å²) in [5.41, 5.74) is 1.99. The van der Waals surface area contributed by atoms with Gasteiger partial charge in [0.25, 0.3) is 0 Å². The molecule has 12 heavy (non-hydrogen) atoms. The molecule has 0 aliphatic rings. The topological polar surface area (TPSA) is 37.9 Å². The van der Waals surface area contributed by atoms with Gasteiger partial charge in [-0.3, -0.25) is 0 Å². The van der Waals surface area contributed by atoms with Crippen LogP contribution in [0.2, 0.25) is 0 Å². The maximum Gasteiger partial charge on any atom is 0.213 e. The van der Waals surface area contributed by atoms with Crippen LogP contribution < -0.4 is 4.74 Å². The number of pyridine rings is 1. The van der Waals surface area contributed by atoms with Crippen molar-refractivity contribution < 1.29 is 4.74 Å². The molecule has 0 aliphatic carbocycles. The van der Waals surface area contributed by atoms with Crippen molar-refractivity contribution in [2.75, 3.05) is 6.61 Å². The minimum Gasteiger partial charge on any atom is -0.478 e. The monoisotopic (exact) mass is 162 g/mol. The number of ether oxygens (including phenoxy) is 1. The fraction of sp³-hybridized carbons (Fsp3) is 0.222. The number of hydrogen-bond acceptors (Lipinski definition) is 2.